The fraction of sp³-hybridized carbons (Fsp3) is 0.423. The Kier molecular flexibility index (Phi) is 5.46. The maximum atomic E-state index is 12.5. The van der Waals surface area contributed by atoms with Crippen molar-refractivity contribution in [1.82, 2.24) is 5.32 Å². The quantitative estimate of drug-likeness (QED) is 0.732. The highest BCUT2D eigenvalue weighted by Crippen LogP contribution is 2.52. The topological polar surface area (TPSA) is 50.8 Å². The highest BCUT2D eigenvalue weighted by Gasteiger charge is 2.57. The van der Waals surface area contributed by atoms with Crippen LogP contribution in [0.1, 0.15) is 45.2 Å². The lowest BCUT2D eigenvalue weighted by Gasteiger charge is -2.49. The van der Waals surface area contributed by atoms with Crippen LogP contribution < -0.4 is 19.7 Å². The van der Waals surface area contributed by atoms with Crippen LogP contribution >= 0.6 is 0 Å². The van der Waals surface area contributed by atoms with Crippen LogP contribution in [0.15, 0.2) is 48.5 Å². The van der Waals surface area contributed by atoms with E-state index in [4.69, 9.17) is 9.47 Å². The first-order valence-electron chi connectivity index (χ1n) is 11.0. The van der Waals surface area contributed by atoms with Crippen molar-refractivity contribution in [2.75, 3.05) is 25.2 Å². The van der Waals surface area contributed by atoms with Gasteiger partial charge < -0.3 is 19.7 Å². The van der Waals surface area contributed by atoms with Gasteiger partial charge in [0.25, 0.3) is 0 Å². The molecule has 2 heterocycles. The number of ether oxygens (including phenoxy) is 2. The van der Waals surface area contributed by atoms with Crippen molar-refractivity contribution in [3.8, 4) is 11.5 Å². The summed E-state index contributed by atoms with van der Waals surface area (Å²) < 4.78 is 11.4. The van der Waals surface area contributed by atoms with E-state index in [1.165, 1.54) is 11.3 Å². The highest BCUT2D eigenvalue weighted by atomic mass is 16.5. The first-order valence-corrected chi connectivity index (χ1v) is 11.0. The van der Waals surface area contributed by atoms with Gasteiger partial charge in [-0.3, -0.25) is 4.79 Å². The molecule has 1 fully saturated rings. The van der Waals surface area contributed by atoms with Crippen LogP contribution in [0.4, 0.5) is 5.69 Å². The molecule has 31 heavy (non-hydrogen) atoms. The van der Waals surface area contributed by atoms with Crippen LogP contribution in [0.25, 0.3) is 6.08 Å². The van der Waals surface area contributed by atoms with E-state index in [0.717, 1.165) is 11.3 Å². The van der Waals surface area contributed by atoms with Crippen molar-refractivity contribution in [2.45, 2.75) is 45.2 Å². The van der Waals surface area contributed by atoms with Crippen LogP contribution in [0.5, 0.6) is 11.5 Å². The second-order valence-corrected chi connectivity index (χ2v) is 9.31. The molecule has 2 aliphatic heterocycles. The van der Waals surface area contributed by atoms with Crippen molar-refractivity contribution in [1.29, 1.82) is 0 Å². The van der Waals surface area contributed by atoms with E-state index in [-0.39, 0.29) is 11.3 Å². The number of amides is 1. The van der Waals surface area contributed by atoms with Gasteiger partial charge in [-0.05, 0) is 41.3 Å². The average molecular weight is 421 g/mol. The number of carbonyl (C=O) groups excluding carboxylic acids is 1. The number of hydrogen-bond acceptors (Lipinski definition) is 4. The minimum absolute atomic E-state index is 0.0804. The standard InChI is InChI=1S/C26H32N2O3/c1-18(2)17-31-22-11-10-19(16-23(22)30-5)12-14-26-25(3,4)20-8-6-7-9-21(20)28(26)15-13-24(29)27-26/h6-12,14,16,18H,13,15,17H2,1-5H3,(H,27,29)/t26-/m0/s1. The molecule has 1 atom stereocenters. The largest absolute Gasteiger partial charge is 0.493 e. The Morgan fingerprint density at radius 3 is 2.68 bits per heavy atom. The van der Waals surface area contributed by atoms with E-state index in [9.17, 15) is 4.79 Å². The third-order valence-electron chi connectivity index (χ3n) is 6.42. The van der Waals surface area contributed by atoms with Crippen molar-refractivity contribution < 1.29 is 14.3 Å². The molecule has 5 heteroatoms. The zero-order valence-electron chi connectivity index (χ0n) is 19.1. The Hall–Kier alpha value is -2.95. The lowest BCUT2D eigenvalue weighted by Crippen LogP contribution is -2.68. The molecule has 5 nitrogen and oxygen atoms in total. The second-order valence-electron chi connectivity index (χ2n) is 9.31. The normalized spacial score (nSPS) is 21.7. The summed E-state index contributed by atoms with van der Waals surface area (Å²) >= 11 is 0. The van der Waals surface area contributed by atoms with Gasteiger partial charge in [-0.1, -0.05) is 58.0 Å². The Bertz CT molecular complexity index is 1010. The molecule has 0 spiro atoms. The number of fused-ring (bicyclic) bond motifs is 3. The maximum absolute atomic E-state index is 12.5. The number of nitrogens with one attached hydrogen (secondary N) is 1. The molecule has 0 aromatic heterocycles. The van der Waals surface area contributed by atoms with Crippen molar-refractivity contribution >= 4 is 17.7 Å². The number of methoxy groups -OCH3 is 1. The fourth-order valence-corrected chi connectivity index (χ4v) is 4.70. The number of para-hydroxylation sites is 1. The molecular weight excluding hydrogens is 388 g/mol. The predicted molar refractivity (Wildman–Crippen MR) is 125 cm³/mol. The molecule has 0 bridgehead atoms. The summed E-state index contributed by atoms with van der Waals surface area (Å²) in [5.41, 5.74) is 2.52. The SMILES string of the molecule is COc1cc(C=C[C@]23NC(=O)CCN2c2ccccc2C3(C)C)ccc1OCC(C)C. The van der Waals surface area contributed by atoms with E-state index >= 15 is 0 Å². The van der Waals surface area contributed by atoms with Crippen LogP contribution in [-0.4, -0.2) is 31.8 Å². The molecule has 0 saturated carbocycles. The van der Waals surface area contributed by atoms with E-state index in [0.29, 0.717) is 31.2 Å². The minimum Gasteiger partial charge on any atom is -0.493 e. The van der Waals surface area contributed by atoms with Crippen LogP contribution in [0.3, 0.4) is 0 Å². The molecule has 2 aromatic rings. The van der Waals surface area contributed by atoms with Crippen molar-refractivity contribution in [2.24, 2.45) is 5.92 Å². The van der Waals surface area contributed by atoms with Crippen LogP contribution in [0.2, 0.25) is 0 Å². The first-order chi connectivity index (χ1) is 14.8. The van der Waals surface area contributed by atoms with Gasteiger partial charge in [0.05, 0.1) is 13.7 Å². The molecular formula is C26H32N2O3. The van der Waals surface area contributed by atoms with Gasteiger partial charge in [-0.2, -0.15) is 0 Å². The zero-order valence-corrected chi connectivity index (χ0v) is 19.1. The molecule has 1 N–H and O–H groups in total. The van der Waals surface area contributed by atoms with Gasteiger partial charge in [0.1, 0.15) is 5.66 Å². The number of hydrogen-bond donors (Lipinski definition) is 1. The van der Waals surface area contributed by atoms with Crippen LogP contribution in [-0.2, 0) is 10.2 Å². The molecule has 0 unspecified atom stereocenters. The maximum Gasteiger partial charge on any atom is 0.223 e. The summed E-state index contributed by atoms with van der Waals surface area (Å²) in [7, 11) is 1.66. The van der Waals surface area contributed by atoms with Gasteiger partial charge in [0, 0.05) is 24.1 Å². The monoisotopic (exact) mass is 420 g/mol. The fourth-order valence-electron chi connectivity index (χ4n) is 4.70. The third-order valence-corrected chi connectivity index (χ3v) is 6.42. The molecule has 0 radical (unpaired) electrons. The zero-order chi connectivity index (χ0) is 22.2. The van der Waals surface area contributed by atoms with Crippen molar-refractivity contribution in [3.05, 3.63) is 59.7 Å². The van der Waals surface area contributed by atoms with Gasteiger partial charge in [-0.25, -0.2) is 0 Å². The Morgan fingerprint density at radius 1 is 1.16 bits per heavy atom. The summed E-state index contributed by atoms with van der Waals surface area (Å²) in [6, 6.07) is 14.4. The number of carbonyl (C=O) groups is 1. The lowest BCUT2D eigenvalue weighted by molar-refractivity contribution is -0.124. The molecule has 0 aliphatic carbocycles. The molecule has 1 amide bonds. The number of rotatable bonds is 6. The van der Waals surface area contributed by atoms with Crippen molar-refractivity contribution in [3.63, 3.8) is 0 Å². The van der Waals surface area contributed by atoms with E-state index < -0.39 is 5.66 Å². The third kappa shape index (κ3) is 3.56. The summed E-state index contributed by atoms with van der Waals surface area (Å²) in [5.74, 6) is 1.97. The number of nitrogens with zero attached hydrogens (tertiary/aromatic N) is 1. The average Bonchev–Trinajstić information content (AvgIpc) is 2.95. The van der Waals surface area contributed by atoms with E-state index in [1.807, 2.05) is 18.2 Å². The smallest absolute Gasteiger partial charge is 0.223 e. The van der Waals surface area contributed by atoms with Gasteiger partial charge in [0.2, 0.25) is 5.91 Å². The van der Waals surface area contributed by atoms with Gasteiger partial charge >= 0.3 is 0 Å². The first kappa shape index (κ1) is 21.3. The van der Waals surface area contributed by atoms with Crippen LogP contribution in [0, 0.1) is 5.92 Å². The van der Waals surface area contributed by atoms with Gasteiger partial charge in [-0.15, -0.1) is 0 Å². The predicted octanol–water partition coefficient (Wildman–Crippen LogP) is 4.76. The lowest BCUT2D eigenvalue weighted by atomic mass is 9.74. The highest BCUT2D eigenvalue weighted by molar-refractivity contribution is 5.84. The summed E-state index contributed by atoms with van der Waals surface area (Å²) in [5, 5.41) is 3.32. The molecule has 164 valence electrons. The molecule has 2 aliphatic rings. The number of benzene rings is 2. The second kappa shape index (κ2) is 7.95. The number of anilines is 1. The summed E-state index contributed by atoms with van der Waals surface area (Å²) in [6.45, 7) is 9.98. The minimum atomic E-state index is -0.619. The van der Waals surface area contributed by atoms with E-state index in [1.54, 1.807) is 7.11 Å². The Labute approximate surface area is 185 Å². The molecule has 2 aromatic carbocycles. The van der Waals surface area contributed by atoms with E-state index in [2.05, 4.69) is 74.3 Å². The Morgan fingerprint density at radius 2 is 1.94 bits per heavy atom. The molecule has 1 saturated heterocycles. The Balaban J connectivity index is 1.70. The summed E-state index contributed by atoms with van der Waals surface area (Å²) in [6.07, 6.45) is 4.70. The van der Waals surface area contributed by atoms with Gasteiger partial charge in [0.15, 0.2) is 11.5 Å². The molecule has 4 rings (SSSR count). The summed E-state index contributed by atoms with van der Waals surface area (Å²) in [4.78, 5) is 14.9.